The highest BCUT2D eigenvalue weighted by Gasteiger charge is 2.19. The van der Waals surface area contributed by atoms with Crippen molar-refractivity contribution in [1.29, 1.82) is 0 Å². The Morgan fingerprint density at radius 3 is 2.56 bits per heavy atom. The van der Waals surface area contributed by atoms with E-state index in [1.807, 2.05) is 24.3 Å². The van der Waals surface area contributed by atoms with E-state index in [0.29, 0.717) is 0 Å². The summed E-state index contributed by atoms with van der Waals surface area (Å²) in [6, 6.07) is 10.7. The zero-order valence-corrected chi connectivity index (χ0v) is 9.95. The van der Waals surface area contributed by atoms with Crippen molar-refractivity contribution < 1.29 is 4.74 Å². The Labute approximate surface area is 98.8 Å². The highest BCUT2D eigenvalue weighted by molar-refractivity contribution is 5.20. The lowest BCUT2D eigenvalue weighted by atomic mass is 10.1. The molecule has 0 heterocycles. The van der Waals surface area contributed by atoms with Crippen molar-refractivity contribution in [3.05, 3.63) is 30.3 Å². The molecule has 2 rings (SSSR count). The number of benzene rings is 1. The highest BCUT2D eigenvalue weighted by atomic mass is 16.5. The molecule has 1 fully saturated rings. The lowest BCUT2D eigenvalue weighted by Crippen LogP contribution is -1.96. The van der Waals surface area contributed by atoms with Crippen LogP contribution in [0.25, 0.3) is 0 Å². The summed E-state index contributed by atoms with van der Waals surface area (Å²) in [6.45, 7) is 0.855. The average molecular weight is 217 g/mol. The molecule has 1 aliphatic carbocycles. The minimum absolute atomic E-state index is 0.855. The molecular weight excluding hydrogens is 196 g/mol. The minimum atomic E-state index is 0.855. The van der Waals surface area contributed by atoms with Gasteiger partial charge in [0.15, 0.2) is 0 Å². The predicted molar refractivity (Wildman–Crippen MR) is 66.6 cm³/mol. The van der Waals surface area contributed by atoms with E-state index in [-0.39, 0.29) is 0 Å². The Morgan fingerprint density at radius 1 is 1.06 bits per heavy atom. The van der Waals surface area contributed by atoms with Crippen LogP contribution in [-0.2, 0) is 0 Å². The van der Waals surface area contributed by atoms with Crippen LogP contribution in [0.2, 0.25) is 0 Å². The topological polar surface area (TPSA) is 9.23 Å². The molecule has 0 saturated heterocycles. The zero-order chi connectivity index (χ0) is 11.1. The summed E-state index contributed by atoms with van der Waals surface area (Å²) in [7, 11) is 0. The third kappa shape index (κ3) is 4.69. The molecule has 1 aromatic carbocycles. The molecule has 1 aromatic rings. The summed E-state index contributed by atoms with van der Waals surface area (Å²) < 4.78 is 5.63. The number of hydrogen-bond donors (Lipinski definition) is 0. The molecule has 1 radical (unpaired) electrons. The van der Waals surface area contributed by atoms with Crippen LogP contribution >= 0.6 is 0 Å². The summed E-state index contributed by atoms with van der Waals surface area (Å²) in [5.74, 6) is 2.06. The van der Waals surface area contributed by atoms with Crippen LogP contribution in [0, 0.1) is 12.0 Å². The van der Waals surface area contributed by atoms with E-state index in [2.05, 4.69) is 6.07 Å². The largest absolute Gasteiger partial charge is 0.494 e. The van der Waals surface area contributed by atoms with Crippen LogP contribution < -0.4 is 4.74 Å². The second kappa shape index (κ2) is 6.57. The zero-order valence-electron chi connectivity index (χ0n) is 9.95. The quantitative estimate of drug-likeness (QED) is 0.592. The van der Waals surface area contributed by atoms with E-state index in [1.165, 1.54) is 44.9 Å². The van der Waals surface area contributed by atoms with Gasteiger partial charge in [0.1, 0.15) is 5.75 Å². The standard InChI is InChI=1S/C15H21O/c1(4-8-14-11-12-14)2-7-13-16-15-9-5-3-6-10-15/h5-6,9-10,14H,1-2,4,7-8,11-13H2. The summed E-state index contributed by atoms with van der Waals surface area (Å²) in [6.07, 6.45) is 9.75. The number of ether oxygens (including phenoxy) is 1. The Bertz CT molecular complexity index is 277. The van der Waals surface area contributed by atoms with Gasteiger partial charge in [-0.05, 0) is 30.5 Å². The van der Waals surface area contributed by atoms with E-state index in [4.69, 9.17) is 4.74 Å². The molecule has 1 aliphatic rings. The molecule has 1 nitrogen and oxygen atoms in total. The maximum Gasteiger partial charge on any atom is 0.119 e. The Hall–Kier alpha value is -0.980. The highest BCUT2D eigenvalue weighted by Crippen LogP contribution is 2.34. The number of hydrogen-bond acceptors (Lipinski definition) is 1. The maximum absolute atomic E-state index is 5.63. The molecule has 0 aromatic heterocycles. The van der Waals surface area contributed by atoms with Gasteiger partial charge in [-0.2, -0.15) is 0 Å². The number of rotatable bonds is 8. The summed E-state index contributed by atoms with van der Waals surface area (Å²) >= 11 is 0. The normalized spacial score (nSPS) is 15.0. The second-order valence-electron chi connectivity index (χ2n) is 4.73. The van der Waals surface area contributed by atoms with Gasteiger partial charge in [0, 0.05) is 0 Å². The van der Waals surface area contributed by atoms with Crippen molar-refractivity contribution in [3.63, 3.8) is 0 Å². The first-order valence-electron chi connectivity index (χ1n) is 6.54. The third-order valence-electron chi connectivity index (χ3n) is 3.16. The first kappa shape index (κ1) is 11.5. The molecule has 0 spiro atoms. The maximum atomic E-state index is 5.63. The van der Waals surface area contributed by atoms with Gasteiger partial charge in [-0.25, -0.2) is 0 Å². The molecule has 0 atom stereocenters. The van der Waals surface area contributed by atoms with Gasteiger partial charge in [-0.3, -0.25) is 0 Å². The van der Waals surface area contributed by atoms with Crippen LogP contribution in [-0.4, -0.2) is 6.61 Å². The fourth-order valence-corrected chi connectivity index (χ4v) is 1.95. The Kier molecular flexibility index (Phi) is 4.72. The summed E-state index contributed by atoms with van der Waals surface area (Å²) in [4.78, 5) is 0. The molecule has 0 unspecified atom stereocenters. The fourth-order valence-electron chi connectivity index (χ4n) is 1.95. The van der Waals surface area contributed by atoms with E-state index in [0.717, 1.165) is 18.3 Å². The van der Waals surface area contributed by atoms with Gasteiger partial charge in [-0.15, -0.1) is 0 Å². The average Bonchev–Trinajstić information content (AvgIpc) is 3.13. The number of unbranched alkanes of at least 4 members (excludes halogenated alkanes) is 3. The van der Waals surface area contributed by atoms with E-state index < -0.39 is 0 Å². The Balaban J connectivity index is 1.42. The SMILES string of the molecule is [c]1ccc(OCCCCCCC2CC2)cc1. The van der Waals surface area contributed by atoms with E-state index in [1.54, 1.807) is 0 Å². The van der Waals surface area contributed by atoms with Crippen molar-refractivity contribution in [2.24, 2.45) is 5.92 Å². The molecule has 87 valence electrons. The lowest BCUT2D eigenvalue weighted by molar-refractivity contribution is 0.304. The first-order valence-corrected chi connectivity index (χ1v) is 6.54. The van der Waals surface area contributed by atoms with Gasteiger partial charge in [0.25, 0.3) is 0 Å². The van der Waals surface area contributed by atoms with Crippen molar-refractivity contribution in [2.75, 3.05) is 6.61 Å². The van der Waals surface area contributed by atoms with Crippen molar-refractivity contribution in [3.8, 4) is 5.75 Å². The predicted octanol–water partition coefficient (Wildman–Crippen LogP) is 4.23. The lowest BCUT2D eigenvalue weighted by Gasteiger charge is -2.05. The van der Waals surface area contributed by atoms with Crippen LogP contribution in [0.5, 0.6) is 5.75 Å². The van der Waals surface area contributed by atoms with Gasteiger partial charge in [-0.1, -0.05) is 50.7 Å². The van der Waals surface area contributed by atoms with Crippen LogP contribution in [0.1, 0.15) is 44.9 Å². The van der Waals surface area contributed by atoms with Crippen LogP contribution in [0.3, 0.4) is 0 Å². The third-order valence-corrected chi connectivity index (χ3v) is 3.16. The monoisotopic (exact) mass is 217 g/mol. The smallest absolute Gasteiger partial charge is 0.119 e. The molecule has 16 heavy (non-hydrogen) atoms. The van der Waals surface area contributed by atoms with Crippen molar-refractivity contribution >= 4 is 0 Å². The van der Waals surface area contributed by atoms with Crippen molar-refractivity contribution in [2.45, 2.75) is 44.9 Å². The van der Waals surface area contributed by atoms with E-state index >= 15 is 0 Å². The molecule has 0 bridgehead atoms. The molecular formula is C15H21O. The molecule has 0 N–H and O–H groups in total. The summed E-state index contributed by atoms with van der Waals surface area (Å²) in [5, 5.41) is 0. The Morgan fingerprint density at radius 2 is 1.81 bits per heavy atom. The van der Waals surface area contributed by atoms with Crippen molar-refractivity contribution in [1.82, 2.24) is 0 Å². The summed E-state index contributed by atoms with van der Waals surface area (Å²) in [5.41, 5.74) is 0. The van der Waals surface area contributed by atoms with Crippen LogP contribution in [0.4, 0.5) is 0 Å². The molecule has 0 aliphatic heterocycles. The van der Waals surface area contributed by atoms with Gasteiger partial charge >= 0.3 is 0 Å². The molecule has 1 heteroatoms. The first-order chi connectivity index (χ1) is 7.95. The second-order valence-corrected chi connectivity index (χ2v) is 4.73. The van der Waals surface area contributed by atoms with Crippen LogP contribution in [0.15, 0.2) is 24.3 Å². The molecule has 0 amide bonds. The molecule has 1 saturated carbocycles. The van der Waals surface area contributed by atoms with Gasteiger partial charge in [0.2, 0.25) is 0 Å². The van der Waals surface area contributed by atoms with Gasteiger partial charge in [0.05, 0.1) is 6.61 Å². The van der Waals surface area contributed by atoms with E-state index in [9.17, 15) is 0 Å². The van der Waals surface area contributed by atoms with Gasteiger partial charge < -0.3 is 4.74 Å². The minimum Gasteiger partial charge on any atom is -0.494 e. The fraction of sp³-hybridized carbons (Fsp3) is 0.600.